The maximum atomic E-state index is 13.6. The third-order valence-electron chi connectivity index (χ3n) is 3.60. The molecule has 1 aromatic rings. The molecular formula is C15H13ClF5N3O. The Kier molecular flexibility index (Phi) is 5.99. The number of carbonyl (C=O) groups is 1. The van der Waals surface area contributed by atoms with Crippen LogP contribution in [0.25, 0.3) is 0 Å². The Labute approximate surface area is 144 Å². The van der Waals surface area contributed by atoms with Crippen LogP contribution in [0.4, 0.5) is 22.0 Å². The largest absolute Gasteiger partial charge is 0.394 e. The Balaban J connectivity index is 2.22. The molecule has 4 nitrogen and oxygen atoms in total. The van der Waals surface area contributed by atoms with Gasteiger partial charge in [-0.3, -0.25) is 9.79 Å². The zero-order valence-corrected chi connectivity index (χ0v) is 13.5. The summed E-state index contributed by atoms with van der Waals surface area (Å²) in [6.45, 7) is -1.42. The van der Waals surface area contributed by atoms with Crippen LogP contribution < -0.4 is 5.73 Å². The summed E-state index contributed by atoms with van der Waals surface area (Å²) < 4.78 is 65.0. The Morgan fingerprint density at radius 1 is 1.28 bits per heavy atom. The van der Waals surface area contributed by atoms with E-state index < -0.39 is 48.4 Å². The molecule has 0 aromatic heterocycles. The van der Waals surface area contributed by atoms with Crippen molar-refractivity contribution in [3.05, 3.63) is 46.4 Å². The van der Waals surface area contributed by atoms with Crippen molar-refractivity contribution >= 4 is 22.7 Å². The summed E-state index contributed by atoms with van der Waals surface area (Å²) in [6, 6.07) is 1.38. The monoisotopic (exact) mass is 381 g/mol. The van der Waals surface area contributed by atoms with E-state index in [1.807, 2.05) is 0 Å². The fourth-order valence-corrected chi connectivity index (χ4v) is 2.55. The lowest BCUT2D eigenvalue weighted by atomic mass is 10.1. The summed E-state index contributed by atoms with van der Waals surface area (Å²) in [5, 5.41) is -0.286. The van der Waals surface area contributed by atoms with E-state index in [4.69, 9.17) is 17.3 Å². The van der Waals surface area contributed by atoms with Crippen molar-refractivity contribution in [3.63, 3.8) is 0 Å². The molecule has 2 N–H and O–H groups in total. The third kappa shape index (κ3) is 4.28. The molecule has 1 aromatic carbocycles. The summed E-state index contributed by atoms with van der Waals surface area (Å²) >= 11 is 5.92. The average Bonchev–Trinajstić information content (AvgIpc) is 2.55. The van der Waals surface area contributed by atoms with E-state index >= 15 is 0 Å². The number of hydrogen-bond acceptors (Lipinski definition) is 3. The number of nitrogens with two attached hydrogens (primary N) is 1. The van der Waals surface area contributed by atoms with Crippen LogP contribution >= 0.6 is 11.6 Å². The second-order valence-corrected chi connectivity index (χ2v) is 5.57. The van der Waals surface area contributed by atoms with E-state index in [1.165, 1.54) is 0 Å². The van der Waals surface area contributed by atoms with Crippen molar-refractivity contribution < 1.29 is 26.7 Å². The summed E-state index contributed by atoms with van der Waals surface area (Å²) in [5.41, 5.74) is 4.72. The molecule has 0 aliphatic carbocycles. The Bertz CT molecular complexity index is 751. The van der Waals surface area contributed by atoms with Crippen LogP contribution in [0.2, 0.25) is 0 Å². The summed E-state index contributed by atoms with van der Waals surface area (Å²) in [5.74, 6) is -4.45. The lowest BCUT2D eigenvalue weighted by Crippen LogP contribution is -2.43. The van der Waals surface area contributed by atoms with E-state index in [0.29, 0.717) is 6.07 Å². The first-order chi connectivity index (χ1) is 11.7. The molecule has 1 aliphatic heterocycles. The van der Waals surface area contributed by atoms with Crippen molar-refractivity contribution in [2.75, 3.05) is 13.1 Å². The van der Waals surface area contributed by atoms with E-state index in [1.54, 1.807) is 0 Å². The molecule has 136 valence electrons. The summed E-state index contributed by atoms with van der Waals surface area (Å²) in [4.78, 5) is 16.5. The first-order valence-corrected chi connectivity index (χ1v) is 7.49. The van der Waals surface area contributed by atoms with Gasteiger partial charge >= 0.3 is 0 Å². The average molecular weight is 382 g/mol. The third-order valence-corrected chi connectivity index (χ3v) is 3.94. The minimum Gasteiger partial charge on any atom is -0.394 e. The number of benzene rings is 1. The van der Waals surface area contributed by atoms with Crippen molar-refractivity contribution in [3.8, 4) is 0 Å². The Morgan fingerprint density at radius 2 is 1.92 bits per heavy atom. The molecule has 0 saturated heterocycles. The minimum atomic E-state index is -2.71. The number of amides is 1. The van der Waals surface area contributed by atoms with Crippen molar-refractivity contribution in [2.24, 2.45) is 10.7 Å². The van der Waals surface area contributed by atoms with Crippen LogP contribution in [0.15, 0.2) is 28.4 Å². The minimum absolute atomic E-state index is 0.0480. The summed E-state index contributed by atoms with van der Waals surface area (Å²) in [6.07, 6.45) is -2.65. The van der Waals surface area contributed by atoms with Gasteiger partial charge in [0.2, 0.25) is 0 Å². The quantitative estimate of drug-likeness (QED) is 0.484. The van der Waals surface area contributed by atoms with E-state index in [9.17, 15) is 26.7 Å². The van der Waals surface area contributed by atoms with Crippen molar-refractivity contribution in [1.82, 2.24) is 4.90 Å². The molecule has 1 heterocycles. The van der Waals surface area contributed by atoms with Crippen LogP contribution in [-0.2, 0) is 11.3 Å². The Hall–Kier alpha value is -2.16. The smallest absolute Gasteiger partial charge is 0.270 e. The van der Waals surface area contributed by atoms with Gasteiger partial charge in [0.25, 0.3) is 12.3 Å². The fraction of sp³-hybridized carbons (Fsp3) is 0.333. The van der Waals surface area contributed by atoms with E-state index in [-0.39, 0.29) is 29.4 Å². The van der Waals surface area contributed by atoms with Gasteiger partial charge in [-0.1, -0.05) is 11.6 Å². The topological polar surface area (TPSA) is 58.7 Å². The molecule has 0 atom stereocenters. The van der Waals surface area contributed by atoms with Gasteiger partial charge in [-0.15, -0.1) is 0 Å². The van der Waals surface area contributed by atoms with Crippen LogP contribution in [0.3, 0.4) is 0 Å². The number of halogens is 6. The van der Waals surface area contributed by atoms with Gasteiger partial charge in [0.15, 0.2) is 11.6 Å². The van der Waals surface area contributed by atoms with Gasteiger partial charge in [-0.05, 0) is 18.6 Å². The second kappa shape index (κ2) is 7.81. The van der Waals surface area contributed by atoms with Crippen LogP contribution in [-0.4, -0.2) is 35.5 Å². The van der Waals surface area contributed by atoms with Gasteiger partial charge in [-0.25, -0.2) is 22.0 Å². The molecule has 0 saturated carbocycles. The second-order valence-electron chi connectivity index (χ2n) is 5.21. The van der Waals surface area contributed by atoms with Crippen molar-refractivity contribution in [2.45, 2.75) is 19.4 Å². The van der Waals surface area contributed by atoms with E-state index in [0.717, 1.165) is 11.0 Å². The molecule has 0 bridgehead atoms. The van der Waals surface area contributed by atoms with Gasteiger partial charge in [0.1, 0.15) is 16.7 Å². The van der Waals surface area contributed by atoms with Crippen LogP contribution in [0.1, 0.15) is 12.0 Å². The SMILES string of the molecule is NC1=C(C(Cl)=NCc2c(F)ccc(F)c2F)CCN(CC(F)F)C1=O. The van der Waals surface area contributed by atoms with Gasteiger partial charge < -0.3 is 10.6 Å². The number of nitrogens with zero attached hydrogens (tertiary/aromatic N) is 2. The summed E-state index contributed by atoms with van der Waals surface area (Å²) in [7, 11) is 0. The predicted octanol–water partition coefficient (Wildman–Crippen LogP) is 2.95. The molecule has 0 radical (unpaired) electrons. The lowest BCUT2D eigenvalue weighted by Gasteiger charge is -2.28. The predicted molar refractivity (Wildman–Crippen MR) is 81.7 cm³/mol. The molecule has 2 rings (SSSR count). The van der Waals surface area contributed by atoms with Gasteiger partial charge in [0, 0.05) is 17.7 Å². The first kappa shape index (κ1) is 19.2. The molecule has 0 spiro atoms. The van der Waals surface area contributed by atoms with Crippen LogP contribution in [0, 0.1) is 17.5 Å². The highest BCUT2D eigenvalue weighted by Gasteiger charge is 2.28. The Morgan fingerprint density at radius 3 is 2.56 bits per heavy atom. The standard InChI is InChI=1S/C15H13ClF5N3O/c16-14(23-5-8-9(17)1-2-10(18)12(8)21)7-3-4-24(6-11(19)20)15(25)13(7)22/h1-2,11H,3-6,22H2. The number of rotatable bonds is 5. The van der Waals surface area contributed by atoms with Crippen molar-refractivity contribution in [1.29, 1.82) is 0 Å². The highest BCUT2D eigenvalue weighted by atomic mass is 35.5. The number of hydrogen-bond donors (Lipinski definition) is 1. The molecule has 0 fully saturated rings. The molecule has 10 heteroatoms. The first-order valence-electron chi connectivity index (χ1n) is 7.11. The number of carbonyl (C=O) groups excluding carboxylic acids is 1. The fourth-order valence-electron chi connectivity index (χ4n) is 2.30. The lowest BCUT2D eigenvalue weighted by molar-refractivity contribution is -0.129. The normalized spacial score (nSPS) is 16.2. The van der Waals surface area contributed by atoms with Crippen LogP contribution in [0.5, 0.6) is 0 Å². The zero-order chi connectivity index (χ0) is 18.7. The molecule has 0 unspecified atom stereocenters. The zero-order valence-electron chi connectivity index (χ0n) is 12.7. The molecule has 1 aliphatic rings. The number of alkyl halides is 2. The van der Waals surface area contributed by atoms with E-state index in [2.05, 4.69) is 4.99 Å². The highest BCUT2D eigenvalue weighted by molar-refractivity contribution is 6.69. The molecule has 1 amide bonds. The van der Waals surface area contributed by atoms with Gasteiger partial charge in [0.05, 0.1) is 13.1 Å². The maximum Gasteiger partial charge on any atom is 0.270 e. The highest BCUT2D eigenvalue weighted by Crippen LogP contribution is 2.22. The molecule has 25 heavy (non-hydrogen) atoms. The maximum absolute atomic E-state index is 13.6. The molecular weight excluding hydrogens is 369 g/mol. The number of aliphatic imine (C=N–C) groups is 1. The van der Waals surface area contributed by atoms with Gasteiger partial charge in [-0.2, -0.15) is 0 Å².